The van der Waals surface area contributed by atoms with Crippen LogP contribution in [0.15, 0.2) is 54.7 Å². The number of fused-ring (bicyclic) bond motifs is 1. The first-order chi connectivity index (χ1) is 25.6. The van der Waals surface area contributed by atoms with Crippen LogP contribution in [-0.2, 0) is 42.4 Å². The number of carbonyl (C=O) groups excluding carboxylic acids is 3. The minimum atomic E-state index is -4.57. The summed E-state index contributed by atoms with van der Waals surface area (Å²) in [6.45, 7) is 7.21. The summed E-state index contributed by atoms with van der Waals surface area (Å²) in [7, 11) is -4.57. The Labute approximate surface area is 314 Å². The molecule has 17 heteroatoms. The van der Waals surface area contributed by atoms with Crippen molar-refractivity contribution in [3.05, 3.63) is 60.4 Å². The molecular formula is C37H49N6O10P. The van der Waals surface area contributed by atoms with Gasteiger partial charge in [-0.25, -0.2) is 9.08 Å². The number of para-hydroxylation sites is 1. The molecule has 0 unspecified atom stereocenters. The van der Waals surface area contributed by atoms with Crippen molar-refractivity contribution >= 4 is 36.9 Å². The predicted octanol–water partition coefficient (Wildman–Crippen LogP) is 4.63. The zero-order valence-corrected chi connectivity index (χ0v) is 32.0. The number of esters is 3. The summed E-state index contributed by atoms with van der Waals surface area (Å²) in [6.07, 6.45) is 0.518. The summed E-state index contributed by atoms with van der Waals surface area (Å²) in [5, 5.41) is 17.9. The summed E-state index contributed by atoms with van der Waals surface area (Å²) in [5.41, 5.74) is 11.2. The van der Waals surface area contributed by atoms with Crippen LogP contribution in [0.2, 0.25) is 0 Å². The number of nitriles is 1. The molecule has 2 fully saturated rings. The molecule has 1 saturated carbocycles. The van der Waals surface area contributed by atoms with Gasteiger partial charge in [-0.15, -0.1) is 0 Å². The number of nitrogens with one attached hydrogen (secondary N) is 1. The van der Waals surface area contributed by atoms with E-state index in [4.69, 9.17) is 39.5 Å². The number of ether oxygens (including phenoxy) is 4. The first-order valence-electron chi connectivity index (χ1n) is 18.1. The molecule has 1 aliphatic carbocycles. The van der Waals surface area contributed by atoms with E-state index in [1.54, 1.807) is 64.1 Å². The lowest BCUT2D eigenvalue weighted by atomic mass is 9.87. The Morgan fingerprint density at radius 3 is 2.31 bits per heavy atom. The predicted molar refractivity (Wildman–Crippen MR) is 195 cm³/mol. The van der Waals surface area contributed by atoms with E-state index in [0.717, 1.165) is 25.7 Å². The smallest absolute Gasteiger partial charge is 0.459 e. The second kappa shape index (κ2) is 17.3. The van der Waals surface area contributed by atoms with Crippen LogP contribution in [-0.4, -0.2) is 70.6 Å². The molecule has 292 valence electrons. The van der Waals surface area contributed by atoms with E-state index in [1.807, 2.05) is 0 Å². The van der Waals surface area contributed by atoms with Crippen LogP contribution in [0.1, 0.15) is 72.1 Å². The highest BCUT2D eigenvalue weighted by molar-refractivity contribution is 7.52. The molecule has 1 aromatic carbocycles. The lowest BCUT2D eigenvalue weighted by molar-refractivity contribution is -0.173. The molecule has 1 aliphatic heterocycles. The maximum absolute atomic E-state index is 14.6. The highest BCUT2D eigenvalue weighted by Crippen LogP contribution is 2.50. The fourth-order valence-corrected chi connectivity index (χ4v) is 7.72. The van der Waals surface area contributed by atoms with Crippen LogP contribution in [0.5, 0.6) is 5.75 Å². The highest BCUT2D eigenvalue weighted by Gasteiger charge is 2.62. The summed E-state index contributed by atoms with van der Waals surface area (Å²) in [6, 6.07) is 14.0. The number of hydrogen-bond donors (Lipinski definition) is 3. The van der Waals surface area contributed by atoms with E-state index in [0.29, 0.717) is 16.9 Å². The SMILES string of the molecule is CC(C)C(=O)O[C@H]1[C@H](c2ccc3c(N)ccnn23)O[C@](C#N)(CO[P@@](=O)(N[C@@H](C)C(=O)OCC2CCC(N)CC2)Oc2ccccc2)[C@H]1OC(=O)C(C)C. The second-order valence-corrected chi connectivity index (χ2v) is 16.1. The molecule has 2 aliphatic rings. The molecule has 0 bridgehead atoms. The van der Waals surface area contributed by atoms with Gasteiger partial charge in [-0.2, -0.15) is 15.4 Å². The van der Waals surface area contributed by atoms with Crippen LogP contribution >= 0.6 is 7.75 Å². The van der Waals surface area contributed by atoms with Crippen LogP contribution in [0.4, 0.5) is 5.69 Å². The van der Waals surface area contributed by atoms with Crippen molar-refractivity contribution in [2.24, 2.45) is 23.5 Å². The fraction of sp³-hybridized carbons (Fsp3) is 0.541. The second-order valence-electron chi connectivity index (χ2n) is 14.4. The maximum Gasteiger partial charge on any atom is 0.459 e. The number of nitrogens with zero attached hydrogens (tertiary/aromatic N) is 3. The van der Waals surface area contributed by atoms with Gasteiger partial charge in [0.25, 0.3) is 0 Å². The summed E-state index contributed by atoms with van der Waals surface area (Å²) in [4.78, 5) is 39.6. The van der Waals surface area contributed by atoms with Crippen molar-refractivity contribution in [2.75, 3.05) is 18.9 Å². The van der Waals surface area contributed by atoms with Crippen LogP contribution in [0.3, 0.4) is 0 Å². The maximum atomic E-state index is 14.6. The number of nitrogens with two attached hydrogens (primary N) is 2. The van der Waals surface area contributed by atoms with E-state index >= 15 is 0 Å². The number of carbonyl (C=O) groups is 3. The summed E-state index contributed by atoms with van der Waals surface area (Å²) >= 11 is 0. The third kappa shape index (κ3) is 9.40. The van der Waals surface area contributed by atoms with Gasteiger partial charge in [-0.1, -0.05) is 45.9 Å². The van der Waals surface area contributed by atoms with E-state index in [1.165, 1.54) is 29.8 Å². The molecule has 54 heavy (non-hydrogen) atoms. The Balaban J connectivity index is 1.48. The van der Waals surface area contributed by atoms with Crippen molar-refractivity contribution in [3.63, 3.8) is 0 Å². The van der Waals surface area contributed by atoms with Gasteiger partial charge in [0, 0.05) is 12.2 Å². The van der Waals surface area contributed by atoms with E-state index in [-0.39, 0.29) is 24.3 Å². The molecule has 1 saturated heterocycles. The molecule has 6 atom stereocenters. The minimum Gasteiger partial charge on any atom is -0.464 e. The van der Waals surface area contributed by atoms with Crippen molar-refractivity contribution < 1.29 is 46.9 Å². The number of rotatable bonds is 15. The molecule has 0 spiro atoms. The van der Waals surface area contributed by atoms with Gasteiger partial charge in [-0.05, 0) is 68.9 Å². The Hall–Kier alpha value is -4.52. The van der Waals surface area contributed by atoms with Crippen molar-refractivity contribution in [1.82, 2.24) is 14.7 Å². The third-order valence-corrected chi connectivity index (χ3v) is 11.0. The topological polar surface area (TPSA) is 229 Å². The molecule has 3 aromatic rings. The number of benzene rings is 1. The van der Waals surface area contributed by atoms with Crippen molar-refractivity contribution in [1.29, 1.82) is 5.26 Å². The van der Waals surface area contributed by atoms with Gasteiger partial charge >= 0.3 is 25.7 Å². The first kappa shape index (κ1) is 40.7. The molecule has 3 heterocycles. The molecule has 2 aromatic heterocycles. The number of aromatic nitrogens is 2. The monoisotopic (exact) mass is 768 g/mol. The fourth-order valence-electron chi connectivity index (χ4n) is 6.20. The third-order valence-electron chi connectivity index (χ3n) is 9.41. The molecule has 5 N–H and O–H groups in total. The van der Waals surface area contributed by atoms with E-state index in [2.05, 4.69) is 16.3 Å². The molecule has 0 amide bonds. The quantitative estimate of drug-likeness (QED) is 0.109. The largest absolute Gasteiger partial charge is 0.464 e. The zero-order valence-electron chi connectivity index (χ0n) is 31.1. The van der Waals surface area contributed by atoms with E-state index in [9.17, 15) is 24.2 Å². The Morgan fingerprint density at radius 2 is 1.67 bits per heavy atom. The molecule has 5 rings (SSSR count). The molecular weight excluding hydrogens is 719 g/mol. The first-order valence-corrected chi connectivity index (χ1v) is 19.6. The van der Waals surface area contributed by atoms with Crippen LogP contribution in [0.25, 0.3) is 5.52 Å². The molecule has 16 nitrogen and oxygen atoms in total. The number of nitrogen functional groups attached to an aromatic ring is 1. The van der Waals surface area contributed by atoms with Gasteiger partial charge in [-0.3, -0.25) is 18.9 Å². The normalized spacial score (nSPS) is 25.8. The van der Waals surface area contributed by atoms with Crippen molar-refractivity contribution in [2.45, 2.75) is 96.3 Å². The number of anilines is 1. The van der Waals surface area contributed by atoms with Crippen molar-refractivity contribution in [3.8, 4) is 11.8 Å². The Bertz CT molecular complexity index is 1880. The Kier molecular flexibility index (Phi) is 13.0. The van der Waals surface area contributed by atoms with Crippen LogP contribution in [0, 0.1) is 29.1 Å². The van der Waals surface area contributed by atoms with E-state index < -0.39 is 74.1 Å². The van der Waals surface area contributed by atoms with Gasteiger partial charge < -0.3 is 34.9 Å². The van der Waals surface area contributed by atoms with Crippen LogP contribution < -0.4 is 21.1 Å². The standard InChI is InChI=1S/C37H49N6O10P/c1-22(2)34(44)50-32-31(30-16-15-29-28(40)17-18-41-43(29)30)52-37(20-38,33(32)51-35(45)23(3)4)21-49-54(47,53-27-9-7-6-8-10-27)42-24(5)36(46)48-19-25-11-13-26(39)14-12-25/h6-10,15-18,22-26,31-33H,11-14,19,21,39-40H2,1-5H3,(H,42,47)/t24-,25?,26?,31-,32-,33-,37+,54-/m0/s1. The lowest BCUT2D eigenvalue weighted by Crippen LogP contribution is -2.50. The Morgan fingerprint density at radius 1 is 1.00 bits per heavy atom. The lowest BCUT2D eigenvalue weighted by Gasteiger charge is -2.31. The van der Waals surface area contributed by atoms with Gasteiger partial charge in [0.1, 0.15) is 30.6 Å². The molecule has 0 radical (unpaired) electrons. The average molecular weight is 769 g/mol. The summed E-state index contributed by atoms with van der Waals surface area (Å²) in [5.74, 6) is -3.09. The zero-order chi connectivity index (χ0) is 39.2. The number of hydrogen-bond acceptors (Lipinski definition) is 14. The van der Waals surface area contributed by atoms with Gasteiger partial charge in [0.2, 0.25) is 5.60 Å². The highest BCUT2D eigenvalue weighted by atomic mass is 31.2. The average Bonchev–Trinajstić information content (AvgIpc) is 3.70. The van der Waals surface area contributed by atoms with Gasteiger partial charge in [0.15, 0.2) is 12.2 Å². The summed E-state index contributed by atoms with van der Waals surface area (Å²) < 4.78 is 51.7. The minimum absolute atomic E-state index is 0.124. The van der Waals surface area contributed by atoms with Gasteiger partial charge in [0.05, 0.1) is 35.3 Å².